The molecule has 0 unspecified atom stereocenters. The number of benzene rings is 5. The number of nitrogens with zero attached hydrogens (tertiary/aromatic N) is 2. The summed E-state index contributed by atoms with van der Waals surface area (Å²) >= 11 is 0. The number of furan rings is 1. The fourth-order valence-corrected chi connectivity index (χ4v) is 10.4. The molecule has 0 aliphatic heterocycles. The zero-order valence-corrected chi connectivity index (χ0v) is 39.6. The van der Waals surface area contributed by atoms with Crippen molar-refractivity contribution in [2.24, 2.45) is 5.92 Å². The van der Waals surface area contributed by atoms with Gasteiger partial charge in [0.1, 0.15) is 5.58 Å². The molecule has 0 bridgehead atoms. The van der Waals surface area contributed by atoms with Crippen LogP contribution in [0, 0.1) is 31.9 Å². The second kappa shape index (κ2) is 18.8. The molecule has 60 heavy (non-hydrogen) atoms. The summed E-state index contributed by atoms with van der Waals surface area (Å²) in [6, 6.07) is 47.7. The molecule has 1 saturated carbocycles. The smallest absolute Gasteiger partial charge is 0.121 e. The van der Waals surface area contributed by atoms with E-state index in [4.69, 9.17) is 14.4 Å². The third-order valence-electron chi connectivity index (χ3n) is 11.7. The summed E-state index contributed by atoms with van der Waals surface area (Å²) in [5.41, 5.74) is 16.0. The predicted octanol–water partition coefficient (Wildman–Crippen LogP) is 14.7. The molecule has 0 N–H and O–H groups in total. The van der Waals surface area contributed by atoms with Crippen LogP contribution in [0.15, 0.2) is 132 Å². The van der Waals surface area contributed by atoms with Crippen LogP contribution in [0.1, 0.15) is 74.1 Å². The molecule has 8 aromatic rings. The zero-order valence-electron chi connectivity index (χ0n) is 36.2. The molecule has 0 amide bonds. The van der Waals surface area contributed by atoms with Gasteiger partial charge in [0.05, 0.1) is 13.7 Å². The second-order valence-corrected chi connectivity index (χ2v) is 23.1. The third-order valence-corrected chi connectivity index (χ3v) is 13.8. The van der Waals surface area contributed by atoms with Gasteiger partial charge in [0.15, 0.2) is 0 Å². The van der Waals surface area contributed by atoms with E-state index in [1.54, 1.807) is 0 Å². The van der Waals surface area contributed by atoms with Gasteiger partial charge in [0, 0.05) is 37.9 Å². The minimum Gasteiger partial charge on any atom is -0.501 e. The normalized spacial score (nSPS) is 13.3. The van der Waals surface area contributed by atoms with E-state index >= 15 is 0 Å². The van der Waals surface area contributed by atoms with Crippen LogP contribution < -0.4 is 5.19 Å². The Morgan fingerprint density at radius 1 is 0.700 bits per heavy atom. The number of hydrogen-bond donors (Lipinski definition) is 0. The Labute approximate surface area is 372 Å². The van der Waals surface area contributed by atoms with Crippen molar-refractivity contribution in [2.75, 3.05) is 0 Å². The molecule has 0 saturated heterocycles. The average molecular weight is 981 g/mol. The summed E-state index contributed by atoms with van der Waals surface area (Å²) in [5.74, 6) is 1.29. The number of rotatable bonds is 8. The second-order valence-electron chi connectivity index (χ2n) is 18.0. The SMILES string of the molecule is Cc1cc(C)cc(-c2c[c-]c(-c3cc(CC(C)C)c([Si](C)(C)C)cn3)cc2)c1.[Ir].[c-]1ccc2c(oc3cc(-c4ccccc4)ccc32)c1-c1cc(C2CCCCC2)ccn1. The van der Waals surface area contributed by atoms with Crippen LogP contribution in [0.2, 0.25) is 19.6 Å². The summed E-state index contributed by atoms with van der Waals surface area (Å²) < 4.78 is 6.41. The third kappa shape index (κ3) is 9.81. The van der Waals surface area contributed by atoms with E-state index in [-0.39, 0.29) is 20.1 Å². The molecule has 1 aliphatic rings. The Morgan fingerprint density at radius 3 is 2.15 bits per heavy atom. The maximum absolute atomic E-state index is 6.41. The molecule has 3 nitrogen and oxygen atoms in total. The Hall–Kier alpha value is -4.93. The molecule has 5 aromatic carbocycles. The monoisotopic (exact) mass is 981 g/mol. The van der Waals surface area contributed by atoms with Crippen molar-refractivity contribution in [3.05, 3.63) is 162 Å². The summed E-state index contributed by atoms with van der Waals surface area (Å²) in [5, 5.41) is 3.73. The zero-order chi connectivity index (χ0) is 41.1. The maximum Gasteiger partial charge on any atom is 0.121 e. The molecule has 0 spiro atoms. The van der Waals surface area contributed by atoms with Crippen molar-refractivity contribution in [1.29, 1.82) is 0 Å². The van der Waals surface area contributed by atoms with E-state index in [0.717, 1.165) is 56.4 Å². The van der Waals surface area contributed by atoms with E-state index in [1.165, 1.54) is 76.2 Å². The van der Waals surface area contributed by atoms with Gasteiger partial charge in [-0.1, -0.05) is 170 Å². The van der Waals surface area contributed by atoms with E-state index in [1.807, 2.05) is 18.3 Å². The van der Waals surface area contributed by atoms with E-state index in [0.29, 0.717) is 11.8 Å². The fourth-order valence-electron chi connectivity index (χ4n) is 8.85. The molecule has 1 radical (unpaired) electrons. The Bertz CT molecular complexity index is 2680. The Kier molecular flexibility index (Phi) is 13.5. The van der Waals surface area contributed by atoms with Gasteiger partial charge in [0.25, 0.3) is 0 Å². The number of fused-ring (bicyclic) bond motifs is 3. The minimum absolute atomic E-state index is 0. The van der Waals surface area contributed by atoms with Crippen LogP contribution in [-0.4, -0.2) is 18.0 Å². The first-order chi connectivity index (χ1) is 28.5. The van der Waals surface area contributed by atoms with Crippen molar-refractivity contribution in [3.8, 4) is 44.8 Å². The summed E-state index contributed by atoms with van der Waals surface area (Å²) in [6.45, 7) is 16.1. The standard InChI is InChI=1S/C29H24NO.C26H32NSi.Ir/c1-3-8-20(9-4-1)22-14-15-24-25-12-7-13-26(29(25)31-28(24)19-22)27-18-23(16-17-30-27)21-10-5-2-6-11-21;1-18(2)12-24-16-25(27-17-26(24)28(5,6)7)22-10-8-21(9-11-22)23-14-19(3)13-20(4)15-23;/h1,3-4,7-9,12,14-19,21H,2,5-6,10-11H2;8-10,13-18H,12H2,1-7H3;/q2*-1;. The summed E-state index contributed by atoms with van der Waals surface area (Å²) in [4.78, 5) is 9.52. The molecule has 3 aromatic heterocycles. The van der Waals surface area contributed by atoms with Crippen LogP contribution in [0.4, 0.5) is 0 Å². The maximum atomic E-state index is 6.41. The number of aryl methyl sites for hydroxylation is 2. The van der Waals surface area contributed by atoms with Crippen LogP contribution in [-0.2, 0) is 26.5 Å². The molecular weight excluding hydrogens is 925 g/mol. The largest absolute Gasteiger partial charge is 0.501 e. The first-order valence-corrected chi connectivity index (χ1v) is 25.0. The molecule has 307 valence electrons. The van der Waals surface area contributed by atoms with Gasteiger partial charge in [-0.3, -0.25) is 0 Å². The van der Waals surface area contributed by atoms with Crippen LogP contribution in [0.5, 0.6) is 0 Å². The predicted molar refractivity (Wildman–Crippen MR) is 252 cm³/mol. The first kappa shape index (κ1) is 43.2. The van der Waals surface area contributed by atoms with E-state index in [2.05, 4.69) is 169 Å². The van der Waals surface area contributed by atoms with Gasteiger partial charge in [-0.05, 0) is 84.8 Å². The molecule has 1 aliphatic carbocycles. The van der Waals surface area contributed by atoms with E-state index < -0.39 is 8.07 Å². The number of hydrogen-bond acceptors (Lipinski definition) is 3. The number of aromatic nitrogens is 2. The Balaban J connectivity index is 0.000000180. The quantitative estimate of drug-likeness (QED) is 0.112. The van der Waals surface area contributed by atoms with Gasteiger partial charge in [-0.15, -0.1) is 48.0 Å². The first-order valence-electron chi connectivity index (χ1n) is 21.5. The van der Waals surface area contributed by atoms with Gasteiger partial charge in [-0.25, -0.2) is 0 Å². The summed E-state index contributed by atoms with van der Waals surface area (Å²) in [7, 11) is -1.41. The topological polar surface area (TPSA) is 38.9 Å². The molecule has 5 heteroatoms. The molecule has 3 heterocycles. The van der Waals surface area contributed by atoms with Crippen molar-refractivity contribution < 1.29 is 24.5 Å². The van der Waals surface area contributed by atoms with Crippen LogP contribution in [0.3, 0.4) is 0 Å². The average Bonchev–Trinajstić information content (AvgIpc) is 3.62. The van der Waals surface area contributed by atoms with Crippen LogP contribution in [0.25, 0.3) is 66.7 Å². The van der Waals surface area contributed by atoms with Gasteiger partial charge in [-0.2, -0.15) is 0 Å². The fraction of sp³-hybridized carbons (Fsp3) is 0.273. The Morgan fingerprint density at radius 2 is 1.45 bits per heavy atom. The van der Waals surface area contributed by atoms with Gasteiger partial charge >= 0.3 is 0 Å². The van der Waals surface area contributed by atoms with Crippen molar-refractivity contribution in [3.63, 3.8) is 0 Å². The number of pyridine rings is 2. The molecule has 1 fully saturated rings. The molecule has 9 rings (SSSR count). The van der Waals surface area contributed by atoms with E-state index in [9.17, 15) is 0 Å². The van der Waals surface area contributed by atoms with Crippen molar-refractivity contribution >= 4 is 35.2 Å². The van der Waals surface area contributed by atoms with Crippen molar-refractivity contribution in [2.45, 2.75) is 91.8 Å². The summed E-state index contributed by atoms with van der Waals surface area (Å²) in [6.07, 6.45) is 11.8. The van der Waals surface area contributed by atoms with Crippen LogP contribution >= 0.6 is 0 Å². The van der Waals surface area contributed by atoms with Crippen molar-refractivity contribution in [1.82, 2.24) is 9.97 Å². The minimum atomic E-state index is -1.41. The molecule has 0 atom stereocenters. The van der Waals surface area contributed by atoms with Gasteiger partial charge in [0.2, 0.25) is 0 Å². The van der Waals surface area contributed by atoms with Gasteiger partial charge < -0.3 is 14.4 Å². The molecular formula is C55H56IrN2OSi-2.